The Hall–Kier alpha value is -2.17. The van der Waals surface area contributed by atoms with E-state index in [9.17, 15) is 14.0 Å². The first kappa shape index (κ1) is 14.9. The van der Waals surface area contributed by atoms with Crippen LogP contribution in [0.3, 0.4) is 0 Å². The van der Waals surface area contributed by atoms with Gasteiger partial charge in [0, 0.05) is 5.56 Å². The molecule has 1 aromatic rings. The largest absolute Gasteiger partial charge is 0.481 e. The Morgan fingerprint density at radius 1 is 1.42 bits per heavy atom. The van der Waals surface area contributed by atoms with Crippen molar-refractivity contribution in [3.05, 3.63) is 41.2 Å². The van der Waals surface area contributed by atoms with E-state index in [1.807, 2.05) is 0 Å². The van der Waals surface area contributed by atoms with E-state index in [1.54, 1.807) is 13.0 Å². The normalized spacial score (nSPS) is 10.6. The van der Waals surface area contributed by atoms with Gasteiger partial charge in [0.2, 0.25) is 0 Å². The van der Waals surface area contributed by atoms with Gasteiger partial charge in [0.05, 0.1) is 19.4 Å². The number of halogens is 1. The van der Waals surface area contributed by atoms with Crippen LogP contribution in [0.25, 0.3) is 6.08 Å². The molecule has 0 atom stereocenters. The van der Waals surface area contributed by atoms with Crippen LogP contribution in [0.4, 0.5) is 4.39 Å². The highest BCUT2D eigenvalue weighted by Crippen LogP contribution is 2.13. The number of hydrogen-bond acceptors (Lipinski definition) is 3. The first-order chi connectivity index (χ1) is 9.02. The summed E-state index contributed by atoms with van der Waals surface area (Å²) in [5, 5.41) is 8.59. The van der Waals surface area contributed by atoms with Gasteiger partial charge in [-0.05, 0) is 18.6 Å². The fourth-order valence-corrected chi connectivity index (χ4v) is 1.49. The molecule has 0 fully saturated rings. The standard InChI is InChI=1S/C14H15FO4/c1-2-19-14(18)5-3-4-11-7-6-10(8-12(11)15)9-13(16)17/h3-4,6-8H,2,5,9H2,1H3,(H,16,17). The quantitative estimate of drug-likeness (QED) is 0.803. The zero-order chi connectivity index (χ0) is 14.3. The van der Waals surface area contributed by atoms with Crippen molar-refractivity contribution in [3.8, 4) is 0 Å². The average Bonchev–Trinajstić information content (AvgIpc) is 2.31. The highest BCUT2D eigenvalue weighted by molar-refractivity contribution is 5.73. The van der Waals surface area contributed by atoms with Crippen molar-refractivity contribution in [1.29, 1.82) is 0 Å². The zero-order valence-corrected chi connectivity index (χ0v) is 10.6. The minimum absolute atomic E-state index is 0.0736. The Morgan fingerprint density at radius 3 is 2.74 bits per heavy atom. The van der Waals surface area contributed by atoms with E-state index in [4.69, 9.17) is 9.84 Å². The number of benzene rings is 1. The molecule has 0 amide bonds. The topological polar surface area (TPSA) is 63.6 Å². The number of ether oxygens (including phenoxy) is 1. The molecule has 1 aromatic carbocycles. The van der Waals surface area contributed by atoms with E-state index >= 15 is 0 Å². The second kappa shape index (κ2) is 7.31. The number of esters is 1. The van der Waals surface area contributed by atoms with Crippen LogP contribution in [0.2, 0.25) is 0 Å². The predicted molar refractivity (Wildman–Crippen MR) is 68.0 cm³/mol. The molecule has 1 rings (SSSR count). The van der Waals surface area contributed by atoms with Crippen molar-refractivity contribution in [2.45, 2.75) is 19.8 Å². The second-order valence-corrected chi connectivity index (χ2v) is 3.84. The molecule has 1 N–H and O–H groups in total. The first-order valence-corrected chi connectivity index (χ1v) is 5.85. The Morgan fingerprint density at radius 2 is 2.16 bits per heavy atom. The van der Waals surface area contributed by atoms with Crippen LogP contribution in [0, 0.1) is 5.82 Å². The van der Waals surface area contributed by atoms with Crippen LogP contribution in [0.5, 0.6) is 0 Å². The van der Waals surface area contributed by atoms with Crippen molar-refractivity contribution in [1.82, 2.24) is 0 Å². The van der Waals surface area contributed by atoms with Crippen LogP contribution >= 0.6 is 0 Å². The lowest BCUT2D eigenvalue weighted by Crippen LogP contribution is -2.01. The molecule has 0 aliphatic heterocycles. The summed E-state index contributed by atoms with van der Waals surface area (Å²) in [7, 11) is 0. The Bertz CT molecular complexity index is 494. The predicted octanol–water partition coefficient (Wildman–Crippen LogP) is 2.42. The highest BCUT2D eigenvalue weighted by atomic mass is 19.1. The number of rotatable bonds is 6. The van der Waals surface area contributed by atoms with E-state index in [-0.39, 0.29) is 18.8 Å². The van der Waals surface area contributed by atoms with E-state index < -0.39 is 11.8 Å². The lowest BCUT2D eigenvalue weighted by Gasteiger charge is -2.01. The lowest BCUT2D eigenvalue weighted by atomic mass is 10.1. The van der Waals surface area contributed by atoms with Crippen molar-refractivity contribution < 1.29 is 23.8 Å². The zero-order valence-electron chi connectivity index (χ0n) is 10.6. The van der Waals surface area contributed by atoms with Crippen LogP contribution < -0.4 is 0 Å². The van der Waals surface area contributed by atoms with Crippen LogP contribution in [-0.4, -0.2) is 23.7 Å². The summed E-state index contributed by atoms with van der Waals surface area (Å²) in [6, 6.07) is 4.20. The monoisotopic (exact) mass is 266 g/mol. The molecule has 0 aromatic heterocycles. The Labute approximate surface area is 110 Å². The molecule has 0 spiro atoms. The maximum atomic E-state index is 13.6. The first-order valence-electron chi connectivity index (χ1n) is 5.85. The molecule has 102 valence electrons. The maximum Gasteiger partial charge on any atom is 0.309 e. The SMILES string of the molecule is CCOC(=O)CC=Cc1ccc(CC(=O)O)cc1F. The fourth-order valence-electron chi connectivity index (χ4n) is 1.49. The third kappa shape index (κ3) is 5.33. The minimum atomic E-state index is -1.01. The van der Waals surface area contributed by atoms with Crippen molar-refractivity contribution >= 4 is 18.0 Å². The number of hydrogen-bond donors (Lipinski definition) is 1. The molecule has 0 heterocycles. The summed E-state index contributed by atoms with van der Waals surface area (Å²) in [5.41, 5.74) is 0.700. The van der Waals surface area contributed by atoms with E-state index in [0.717, 1.165) is 0 Å². The van der Waals surface area contributed by atoms with E-state index in [1.165, 1.54) is 24.3 Å². The van der Waals surface area contributed by atoms with Gasteiger partial charge in [-0.2, -0.15) is 0 Å². The molecular formula is C14H15FO4. The molecule has 0 unspecified atom stereocenters. The molecule has 0 saturated heterocycles. The maximum absolute atomic E-state index is 13.6. The molecule has 5 heteroatoms. The number of carbonyl (C=O) groups is 2. The summed E-state index contributed by atoms with van der Waals surface area (Å²) >= 11 is 0. The van der Waals surface area contributed by atoms with Gasteiger partial charge < -0.3 is 9.84 Å². The van der Waals surface area contributed by atoms with E-state index in [2.05, 4.69) is 0 Å². The van der Waals surface area contributed by atoms with Crippen LogP contribution in [0.1, 0.15) is 24.5 Å². The Balaban J connectivity index is 2.66. The molecular weight excluding hydrogens is 251 g/mol. The summed E-state index contributed by atoms with van der Waals surface area (Å²) in [6.07, 6.45) is 2.83. The lowest BCUT2D eigenvalue weighted by molar-refractivity contribution is -0.142. The van der Waals surface area contributed by atoms with Gasteiger partial charge >= 0.3 is 11.9 Å². The molecule has 0 bridgehead atoms. The van der Waals surface area contributed by atoms with Crippen molar-refractivity contribution in [2.75, 3.05) is 6.61 Å². The van der Waals surface area contributed by atoms with Gasteiger partial charge in [-0.3, -0.25) is 9.59 Å². The van der Waals surface area contributed by atoms with Gasteiger partial charge in [0.1, 0.15) is 5.82 Å². The Kier molecular flexibility index (Phi) is 5.73. The van der Waals surface area contributed by atoms with Crippen molar-refractivity contribution in [3.63, 3.8) is 0 Å². The number of carbonyl (C=O) groups excluding carboxylic acids is 1. The van der Waals surface area contributed by atoms with Gasteiger partial charge in [-0.15, -0.1) is 0 Å². The number of carboxylic acids is 1. The van der Waals surface area contributed by atoms with Gasteiger partial charge in [-0.25, -0.2) is 4.39 Å². The molecule has 0 aliphatic carbocycles. The van der Waals surface area contributed by atoms with Crippen LogP contribution in [-0.2, 0) is 20.7 Å². The second-order valence-electron chi connectivity index (χ2n) is 3.84. The number of carboxylic acid groups (broad SMARTS) is 1. The molecule has 19 heavy (non-hydrogen) atoms. The average molecular weight is 266 g/mol. The van der Waals surface area contributed by atoms with E-state index in [0.29, 0.717) is 17.7 Å². The number of aliphatic carboxylic acids is 1. The smallest absolute Gasteiger partial charge is 0.309 e. The van der Waals surface area contributed by atoms with Gasteiger partial charge in [-0.1, -0.05) is 24.3 Å². The minimum Gasteiger partial charge on any atom is -0.481 e. The molecule has 0 radical (unpaired) electrons. The van der Waals surface area contributed by atoms with Gasteiger partial charge in [0.15, 0.2) is 0 Å². The molecule has 0 aliphatic rings. The summed E-state index contributed by atoms with van der Waals surface area (Å²) in [4.78, 5) is 21.5. The van der Waals surface area contributed by atoms with Gasteiger partial charge in [0.25, 0.3) is 0 Å². The summed E-state index contributed by atoms with van der Waals surface area (Å²) < 4.78 is 18.3. The third-order valence-corrected chi connectivity index (χ3v) is 2.31. The summed E-state index contributed by atoms with van der Waals surface area (Å²) in [5.74, 6) is -1.90. The highest BCUT2D eigenvalue weighted by Gasteiger charge is 2.05. The van der Waals surface area contributed by atoms with Crippen LogP contribution in [0.15, 0.2) is 24.3 Å². The molecule has 4 nitrogen and oxygen atoms in total. The van der Waals surface area contributed by atoms with Crippen molar-refractivity contribution in [2.24, 2.45) is 0 Å². The third-order valence-electron chi connectivity index (χ3n) is 2.31. The molecule has 0 saturated carbocycles. The fraction of sp³-hybridized carbons (Fsp3) is 0.286. The summed E-state index contributed by atoms with van der Waals surface area (Å²) in [6.45, 7) is 2.02.